The molecule has 0 aromatic carbocycles. The third-order valence-electron chi connectivity index (χ3n) is 2.92. The Morgan fingerprint density at radius 1 is 1.38 bits per heavy atom. The van der Waals surface area contributed by atoms with Gasteiger partial charge < -0.3 is 10.1 Å². The van der Waals surface area contributed by atoms with Gasteiger partial charge in [-0.3, -0.25) is 4.79 Å². The molecule has 0 aromatic rings. The van der Waals surface area contributed by atoms with Crippen LogP contribution in [0.15, 0.2) is 0 Å². The van der Waals surface area contributed by atoms with Crippen LogP contribution in [0.1, 0.15) is 39.5 Å². The highest BCUT2D eigenvalue weighted by Gasteiger charge is 2.21. The summed E-state index contributed by atoms with van der Waals surface area (Å²) in [5.74, 6) is 0.0290. The Kier molecular flexibility index (Phi) is 6.21. The maximum absolute atomic E-state index is 11.5. The van der Waals surface area contributed by atoms with E-state index < -0.39 is 0 Å². The highest BCUT2D eigenvalue weighted by molar-refractivity contribution is 7.99. The maximum Gasteiger partial charge on any atom is 0.246 e. The van der Waals surface area contributed by atoms with Crippen LogP contribution in [0.2, 0.25) is 0 Å². The Hall–Kier alpha value is -0.220. The van der Waals surface area contributed by atoms with Gasteiger partial charge in [-0.15, -0.1) is 0 Å². The quantitative estimate of drug-likeness (QED) is 0.807. The lowest BCUT2D eigenvalue weighted by molar-refractivity contribution is -0.128. The zero-order valence-corrected chi connectivity index (χ0v) is 11.3. The average molecular weight is 245 g/mol. The van der Waals surface area contributed by atoms with Crippen LogP contribution in [-0.4, -0.2) is 36.2 Å². The van der Waals surface area contributed by atoms with Crippen LogP contribution in [0.3, 0.4) is 0 Å². The van der Waals surface area contributed by atoms with Gasteiger partial charge in [-0.2, -0.15) is 11.8 Å². The van der Waals surface area contributed by atoms with E-state index in [1.807, 2.05) is 25.6 Å². The highest BCUT2D eigenvalue weighted by atomic mass is 32.2. The average Bonchev–Trinajstić information content (AvgIpc) is 2.27. The van der Waals surface area contributed by atoms with Gasteiger partial charge in [-0.1, -0.05) is 0 Å². The third-order valence-corrected chi connectivity index (χ3v) is 4.06. The zero-order valence-electron chi connectivity index (χ0n) is 10.5. The Morgan fingerprint density at radius 3 is 2.50 bits per heavy atom. The van der Waals surface area contributed by atoms with Gasteiger partial charge in [0.2, 0.25) is 5.91 Å². The van der Waals surface area contributed by atoms with E-state index >= 15 is 0 Å². The molecule has 0 atom stereocenters. The molecule has 0 spiro atoms. The van der Waals surface area contributed by atoms with Gasteiger partial charge in [-0.25, -0.2) is 0 Å². The number of carbonyl (C=O) groups excluding carboxylic acids is 1. The van der Waals surface area contributed by atoms with E-state index in [-0.39, 0.29) is 18.6 Å². The molecule has 94 valence electrons. The molecule has 1 aliphatic carbocycles. The Bertz CT molecular complexity index is 213. The number of hydrogen-bond acceptors (Lipinski definition) is 3. The molecule has 16 heavy (non-hydrogen) atoms. The first kappa shape index (κ1) is 13.8. The van der Waals surface area contributed by atoms with Crippen molar-refractivity contribution in [1.29, 1.82) is 0 Å². The minimum atomic E-state index is 0.0290. The van der Waals surface area contributed by atoms with Gasteiger partial charge in [0.15, 0.2) is 0 Å². The number of thioether (sulfide) groups is 1. The molecule has 1 amide bonds. The fraction of sp³-hybridized carbons (Fsp3) is 0.917. The van der Waals surface area contributed by atoms with E-state index in [0.717, 1.165) is 18.1 Å². The molecule has 0 aliphatic heterocycles. The summed E-state index contributed by atoms with van der Waals surface area (Å²) in [7, 11) is 0. The molecule has 0 heterocycles. The van der Waals surface area contributed by atoms with E-state index in [1.165, 1.54) is 12.8 Å². The van der Waals surface area contributed by atoms with Gasteiger partial charge in [0.05, 0.1) is 6.10 Å². The van der Waals surface area contributed by atoms with Crippen molar-refractivity contribution in [2.24, 2.45) is 0 Å². The zero-order chi connectivity index (χ0) is 12.0. The first-order valence-electron chi connectivity index (χ1n) is 6.05. The van der Waals surface area contributed by atoms with Gasteiger partial charge >= 0.3 is 0 Å². The molecule has 1 rings (SSSR count). The van der Waals surface area contributed by atoms with Crippen molar-refractivity contribution in [3.8, 4) is 0 Å². The van der Waals surface area contributed by atoms with Crippen molar-refractivity contribution in [2.75, 3.05) is 12.9 Å². The van der Waals surface area contributed by atoms with E-state index in [0.29, 0.717) is 6.04 Å². The van der Waals surface area contributed by atoms with E-state index in [2.05, 4.69) is 11.6 Å². The van der Waals surface area contributed by atoms with Crippen LogP contribution in [-0.2, 0) is 9.53 Å². The normalized spacial score (nSPS) is 25.8. The minimum absolute atomic E-state index is 0.0290. The van der Waals surface area contributed by atoms with Crippen molar-refractivity contribution >= 4 is 17.7 Å². The van der Waals surface area contributed by atoms with Crippen LogP contribution in [0.25, 0.3) is 0 Å². The molecule has 3 nitrogen and oxygen atoms in total. The number of carbonyl (C=O) groups is 1. The summed E-state index contributed by atoms with van der Waals surface area (Å²) < 4.78 is 5.27. The molecular formula is C12H23NO2S. The van der Waals surface area contributed by atoms with Crippen molar-refractivity contribution < 1.29 is 9.53 Å². The van der Waals surface area contributed by atoms with Crippen molar-refractivity contribution in [1.82, 2.24) is 5.32 Å². The molecule has 1 fully saturated rings. The second-order valence-electron chi connectivity index (χ2n) is 4.64. The SMILES string of the molecule is CSC1CCC(NC(=O)COC(C)C)CC1. The van der Waals surface area contributed by atoms with Crippen molar-refractivity contribution in [3.05, 3.63) is 0 Å². The lowest BCUT2D eigenvalue weighted by Crippen LogP contribution is -2.40. The minimum Gasteiger partial charge on any atom is -0.369 e. The van der Waals surface area contributed by atoms with Crippen LogP contribution in [0, 0.1) is 0 Å². The first-order chi connectivity index (χ1) is 7.61. The third kappa shape index (κ3) is 5.21. The summed E-state index contributed by atoms with van der Waals surface area (Å²) in [6.07, 6.45) is 6.95. The second kappa shape index (κ2) is 7.17. The molecule has 0 unspecified atom stereocenters. The van der Waals surface area contributed by atoms with Crippen molar-refractivity contribution in [3.63, 3.8) is 0 Å². The number of nitrogens with one attached hydrogen (secondary N) is 1. The largest absolute Gasteiger partial charge is 0.369 e. The van der Waals surface area contributed by atoms with Crippen molar-refractivity contribution in [2.45, 2.75) is 56.9 Å². The molecule has 0 bridgehead atoms. The molecule has 0 saturated heterocycles. The van der Waals surface area contributed by atoms with Gasteiger partial charge in [0.1, 0.15) is 6.61 Å². The van der Waals surface area contributed by atoms with Crippen LogP contribution < -0.4 is 5.32 Å². The lowest BCUT2D eigenvalue weighted by atomic mass is 9.95. The van der Waals surface area contributed by atoms with E-state index in [9.17, 15) is 4.79 Å². The Labute approximate surface area is 103 Å². The van der Waals surface area contributed by atoms with E-state index in [1.54, 1.807) is 0 Å². The van der Waals surface area contributed by atoms with Gasteiger partial charge in [0, 0.05) is 11.3 Å². The summed E-state index contributed by atoms with van der Waals surface area (Å²) >= 11 is 1.94. The number of amides is 1. The molecule has 0 aromatic heterocycles. The standard InChI is InChI=1S/C12H23NO2S/c1-9(2)15-8-12(14)13-10-4-6-11(16-3)7-5-10/h9-11H,4-8H2,1-3H3,(H,13,14). The number of ether oxygens (including phenoxy) is 1. The van der Waals surface area contributed by atoms with Crippen LogP contribution >= 0.6 is 11.8 Å². The molecule has 1 aliphatic rings. The molecular weight excluding hydrogens is 222 g/mol. The van der Waals surface area contributed by atoms with Crippen LogP contribution in [0.5, 0.6) is 0 Å². The topological polar surface area (TPSA) is 38.3 Å². The van der Waals surface area contributed by atoms with Crippen LogP contribution in [0.4, 0.5) is 0 Å². The summed E-state index contributed by atoms with van der Waals surface area (Å²) in [5, 5.41) is 3.84. The van der Waals surface area contributed by atoms with E-state index in [4.69, 9.17) is 4.74 Å². The van der Waals surface area contributed by atoms with Gasteiger partial charge in [0.25, 0.3) is 0 Å². The summed E-state index contributed by atoms with van der Waals surface area (Å²) in [4.78, 5) is 11.5. The molecule has 1 saturated carbocycles. The molecule has 0 radical (unpaired) electrons. The smallest absolute Gasteiger partial charge is 0.246 e. The highest BCUT2D eigenvalue weighted by Crippen LogP contribution is 2.26. The lowest BCUT2D eigenvalue weighted by Gasteiger charge is -2.28. The Balaban J connectivity index is 2.15. The number of hydrogen-bond donors (Lipinski definition) is 1. The summed E-state index contributed by atoms with van der Waals surface area (Å²) in [6.45, 7) is 4.08. The Morgan fingerprint density at radius 2 is 2.00 bits per heavy atom. The number of rotatable bonds is 5. The second-order valence-corrected chi connectivity index (χ2v) is 5.77. The van der Waals surface area contributed by atoms with Gasteiger partial charge in [-0.05, 0) is 45.8 Å². The predicted molar refractivity (Wildman–Crippen MR) is 68.8 cm³/mol. The molecule has 4 heteroatoms. The molecule has 1 N–H and O–H groups in total. The first-order valence-corrected chi connectivity index (χ1v) is 7.34. The predicted octanol–water partition coefficient (Wildman–Crippen LogP) is 2.20. The fourth-order valence-electron chi connectivity index (χ4n) is 1.95. The fourth-order valence-corrected chi connectivity index (χ4v) is 2.70. The maximum atomic E-state index is 11.5. The summed E-state index contributed by atoms with van der Waals surface area (Å²) in [6, 6.07) is 0.367. The monoisotopic (exact) mass is 245 g/mol. The summed E-state index contributed by atoms with van der Waals surface area (Å²) in [5.41, 5.74) is 0.